The second-order valence-electron chi connectivity index (χ2n) is 6.69. The Morgan fingerprint density at radius 1 is 1.00 bits per heavy atom. The molecule has 0 spiro atoms. The molecule has 4 N–H and O–H groups in total. The molecule has 0 saturated carbocycles. The number of nitrogens with two attached hydrogens (primary N) is 2. The van der Waals surface area contributed by atoms with Crippen LogP contribution in [0.25, 0.3) is 0 Å². The lowest BCUT2D eigenvalue weighted by molar-refractivity contribution is -0.157. The van der Waals surface area contributed by atoms with Crippen molar-refractivity contribution in [2.45, 2.75) is 12.5 Å². The Morgan fingerprint density at radius 3 is 2.00 bits per heavy atom. The molecule has 0 aliphatic carbocycles. The Kier molecular flexibility index (Phi) is 5.88. The van der Waals surface area contributed by atoms with Crippen LogP contribution in [0.2, 0.25) is 0 Å². The third-order valence-electron chi connectivity index (χ3n) is 4.54. The minimum absolute atomic E-state index is 0.140. The van der Waals surface area contributed by atoms with E-state index in [4.69, 9.17) is 16.2 Å². The Morgan fingerprint density at radius 2 is 1.52 bits per heavy atom. The molecule has 1 heterocycles. The molecule has 1 aliphatic heterocycles. The Bertz CT molecular complexity index is 772. The van der Waals surface area contributed by atoms with Crippen molar-refractivity contribution in [1.82, 2.24) is 4.90 Å². The van der Waals surface area contributed by atoms with Crippen molar-refractivity contribution in [1.29, 1.82) is 0 Å². The van der Waals surface area contributed by atoms with Crippen molar-refractivity contribution in [3.63, 3.8) is 0 Å². The maximum atomic E-state index is 11.9. The fraction of sp³-hybridized carbons (Fsp3) is 0.238. The molecule has 27 heavy (non-hydrogen) atoms. The highest BCUT2D eigenvalue weighted by atomic mass is 16.6. The van der Waals surface area contributed by atoms with E-state index in [1.807, 2.05) is 36.4 Å². The number of carbonyl (C=O) groups excluding carboxylic acids is 2. The number of ether oxygens (including phenoxy) is 1. The van der Waals surface area contributed by atoms with Gasteiger partial charge in [0.05, 0.1) is 18.5 Å². The Labute approximate surface area is 158 Å². The molecule has 2 aromatic carbocycles. The van der Waals surface area contributed by atoms with Gasteiger partial charge in [0.2, 0.25) is 0 Å². The zero-order valence-corrected chi connectivity index (χ0v) is 15.0. The summed E-state index contributed by atoms with van der Waals surface area (Å²) in [5, 5.41) is 0. The molecule has 2 aromatic rings. The van der Waals surface area contributed by atoms with Gasteiger partial charge in [0, 0.05) is 13.1 Å². The average molecular weight is 365 g/mol. The summed E-state index contributed by atoms with van der Waals surface area (Å²) < 4.78 is 4.70. The first-order valence-electron chi connectivity index (χ1n) is 8.84. The van der Waals surface area contributed by atoms with E-state index in [1.165, 1.54) is 11.1 Å². The monoisotopic (exact) mass is 365 g/mol. The molecule has 6 nitrogen and oxygen atoms in total. The zero-order chi connectivity index (χ0) is 19.2. The summed E-state index contributed by atoms with van der Waals surface area (Å²) in [5.41, 5.74) is 12.8. The molecule has 0 atom stereocenters. The molecule has 140 valence electrons. The maximum absolute atomic E-state index is 11.9. The minimum Gasteiger partial charge on any atom is -0.390 e. The molecular weight excluding hydrogens is 342 g/mol. The van der Waals surface area contributed by atoms with E-state index in [2.05, 4.69) is 29.2 Å². The van der Waals surface area contributed by atoms with E-state index < -0.39 is 11.9 Å². The van der Waals surface area contributed by atoms with Gasteiger partial charge >= 0.3 is 11.9 Å². The second kappa shape index (κ2) is 8.51. The number of hydrogen-bond donors (Lipinski definition) is 2. The number of nitrogens with zero attached hydrogens (tertiary/aromatic N) is 1. The van der Waals surface area contributed by atoms with Gasteiger partial charge in [-0.05, 0) is 17.0 Å². The topological polar surface area (TPSA) is 98.6 Å². The number of esters is 2. The highest BCUT2D eigenvalue weighted by Gasteiger charge is 2.35. The van der Waals surface area contributed by atoms with Crippen molar-refractivity contribution >= 4 is 11.9 Å². The molecule has 0 amide bonds. The van der Waals surface area contributed by atoms with Crippen LogP contribution in [0, 0.1) is 5.92 Å². The van der Waals surface area contributed by atoms with Gasteiger partial charge < -0.3 is 16.2 Å². The zero-order valence-electron chi connectivity index (χ0n) is 15.0. The third kappa shape index (κ3) is 4.95. The number of hydrogen-bond acceptors (Lipinski definition) is 6. The van der Waals surface area contributed by atoms with E-state index in [0.717, 1.165) is 19.2 Å². The van der Waals surface area contributed by atoms with Crippen LogP contribution in [0.3, 0.4) is 0 Å². The largest absolute Gasteiger partial charge is 0.390 e. The average Bonchev–Trinajstić information content (AvgIpc) is 2.61. The molecule has 0 aromatic heterocycles. The molecule has 1 saturated heterocycles. The van der Waals surface area contributed by atoms with Crippen molar-refractivity contribution in [3.05, 3.63) is 83.7 Å². The van der Waals surface area contributed by atoms with Crippen molar-refractivity contribution in [3.8, 4) is 0 Å². The van der Waals surface area contributed by atoms with Crippen LogP contribution >= 0.6 is 0 Å². The number of likely N-dealkylation sites (tertiary alicyclic amines) is 1. The van der Waals surface area contributed by atoms with Gasteiger partial charge in [-0.15, -0.1) is 0 Å². The van der Waals surface area contributed by atoms with E-state index in [1.54, 1.807) is 0 Å². The van der Waals surface area contributed by atoms with Gasteiger partial charge in [0.25, 0.3) is 0 Å². The number of carbonyl (C=O) groups is 2. The summed E-state index contributed by atoms with van der Waals surface area (Å²) in [7, 11) is 0. The van der Waals surface area contributed by atoms with Crippen molar-refractivity contribution in [2.75, 3.05) is 13.1 Å². The lowest BCUT2D eigenvalue weighted by Gasteiger charge is -2.44. The highest BCUT2D eigenvalue weighted by Crippen LogP contribution is 2.35. The van der Waals surface area contributed by atoms with Gasteiger partial charge in [-0.3, -0.25) is 9.69 Å². The van der Waals surface area contributed by atoms with E-state index in [-0.39, 0.29) is 24.2 Å². The summed E-state index contributed by atoms with van der Waals surface area (Å²) in [6, 6.07) is 20.7. The summed E-state index contributed by atoms with van der Waals surface area (Å²) in [6.45, 7) is 1.51. The summed E-state index contributed by atoms with van der Waals surface area (Å²) in [6.07, 6.45) is 1.09. The lowest BCUT2D eigenvalue weighted by atomic mass is 9.89. The number of rotatable bonds is 6. The van der Waals surface area contributed by atoms with Crippen LogP contribution in [0.4, 0.5) is 0 Å². The summed E-state index contributed by atoms with van der Waals surface area (Å²) in [5.74, 6) is -1.42. The molecule has 6 heteroatoms. The predicted octanol–water partition coefficient (Wildman–Crippen LogP) is 1.93. The standard InChI is InChI=1S/C21H23N3O3/c22-18(23)12-20(26)27-19(25)11-15-13-24(14-15)21(16-7-3-1-4-8-16)17-9-5-2-6-10-17/h1-10,12,15,21H,11,13-14,22-23H2. The number of benzene rings is 2. The molecular formula is C21H23N3O3. The van der Waals surface area contributed by atoms with Crippen molar-refractivity contribution in [2.24, 2.45) is 17.4 Å². The van der Waals surface area contributed by atoms with Gasteiger partial charge in [-0.2, -0.15) is 0 Å². The first-order chi connectivity index (χ1) is 13.0. The van der Waals surface area contributed by atoms with E-state index in [9.17, 15) is 9.59 Å². The van der Waals surface area contributed by atoms with Gasteiger partial charge in [-0.1, -0.05) is 60.7 Å². The first kappa shape index (κ1) is 18.7. The normalized spacial score (nSPS) is 14.4. The van der Waals surface area contributed by atoms with Crippen LogP contribution in [0.1, 0.15) is 23.6 Å². The van der Waals surface area contributed by atoms with Crippen LogP contribution in [0.15, 0.2) is 72.6 Å². The maximum Gasteiger partial charge on any atom is 0.342 e. The van der Waals surface area contributed by atoms with Crippen LogP contribution in [-0.2, 0) is 14.3 Å². The van der Waals surface area contributed by atoms with Crippen LogP contribution in [-0.4, -0.2) is 29.9 Å². The van der Waals surface area contributed by atoms with Crippen LogP contribution < -0.4 is 11.5 Å². The molecule has 3 rings (SSSR count). The highest BCUT2D eigenvalue weighted by molar-refractivity contribution is 5.92. The fourth-order valence-corrected chi connectivity index (χ4v) is 3.39. The Balaban J connectivity index is 1.61. The van der Waals surface area contributed by atoms with Crippen LogP contribution in [0.5, 0.6) is 0 Å². The molecule has 1 fully saturated rings. The molecule has 0 bridgehead atoms. The SMILES string of the molecule is NC(N)=CC(=O)OC(=O)CC1CN(C(c2ccccc2)c2ccccc2)C1. The van der Waals surface area contributed by atoms with Gasteiger partial charge in [0.1, 0.15) is 5.82 Å². The van der Waals surface area contributed by atoms with Gasteiger partial charge in [-0.25, -0.2) is 4.79 Å². The fourth-order valence-electron chi connectivity index (χ4n) is 3.39. The minimum atomic E-state index is -0.831. The second-order valence-corrected chi connectivity index (χ2v) is 6.69. The first-order valence-corrected chi connectivity index (χ1v) is 8.84. The quantitative estimate of drug-likeness (QED) is 0.461. The molecule has 0 unspecified atom stereocenters. The lowest BCUT2D eigenvalue weighted by Crippen LogP contribution is -2.49. The summed E-state index contributed by atoms with van der Waals surface area (Å²) in [4.78, 5) is 25.6. The Hall–Kier alpha value is -3.12. The van der Waals surface area contributed by atoms with E-state index >= 15 is 0 Å². The smallest absolute Gasteiger partial charge is 0.342 e. The third-order valence-corrected chi connectivity index (χ3v) is 4.54. The summed E-state index contributed by atoms with van der Waals surface area (Å²) >= 11 is 0. The van der Waals surface area contributed by atoms with E-state index in [0.29, 0.717) is 0 Å². The van der Waals surface area contributed by atoms with Gasteiger partial charge in [0.15, 0.2) is 0 Å². The molecule has 1 aliphatic rings. The van der Waals surface area contributed by atoms with Crippen molar-refractivity contribution < 1.29 is 14.3 Å². The predicted molar refractivity (Wildman–Crippen MR) is 102 cm³/mol. The molecule has 0 radical (unpaired) electrons.